The summed E-state index contributed by atoms with van der Waals surface area (Å²) in [5.74, 6) is -4.76. The fourth-order valence-electron chi connectivity index (χ4n) is 6.02. The summed E-state index contributed by atoms with van der Waals surface area (Å²) in [4.78, 5) is 55.7. The Balaban J connectivity index is 1.52. The van der Waals surface area contributed by atoms with E-state index in [9.17, 15) is 23.6 Å². The van der Waals surface area contributed by atoms with Gasteiger partial charge in [-0.2, -0.15) is 0 Å². The number of hydrogen-bond donors (Lipinski definition) is 0. The fraction of sp³-hybridized carbons (Fsp3) is 0.360. The van der Waals surface area contributed by atoms with Gasteiger partial charge >= 0.3 is 0 Å². The first kappa shape index (κ1) is 19.5. The highest BCUT2D eigenvalue weighted by Gasteiger charge is 2.75. The molecule has 2 amide bonds. The van der Waals surface area contributed by atoms with Crippen molar-refractivity contribution in [3.05, 3.63) is 71.0 Å². The van der Waals surface area contributed by atoms with Crippen LogP contribution in [0.15, 0.2) is 48.5 Å². The number of halogens is 1. The van der Waals surface area contributed by atoms with Gasteiger partial charge in [0.15, 0.2) is 0 Å². The molecule has 3 atom stereocenters. The molecular weight excluding hydrogens is 413 g/mol. The molecule has 0 bridgehead atoms. The molecule has 1 saturated carbocycles. The van der Waals surface area contributed by atoms with Gasteiger partial charge < -0.3 is 4.74 Å². The van der Waals surface area contributed by atoms with Crippen LogP contribution in [0.4, 0.5) is 4.39 Å². The predicted octanol–water partition coefficient (Wildman–Crippen LogP) is 3.26. The molecule has 2 aromatic rings. The third-order valence-corrected chi connectivity index (χ3v) is 7.44. The van der Waals surface area contributed by atoms with Gasteiger partial charge in [-0.1, -0.05) is 49.2 Å². The number of carbonyl (C=O) groups excluding carboxylic acids is 4. The minimum Gasteiger partial charge on any atom is -0.349 e. The van der Waals surface area contributed by atoms with Crippen LogP contribution in [-0.4, -0.2) is 39.9 Å². The summed E-state index contributed by atoms with van der Waals surface area (Å²) < 4.78 is 19.7. The van der Waals surface area contributed by atoms with E-state index in [1.807, 2.05) is 0 Å². The van der Waals surface area contributed by atoms with Crippen molar-refractivity contribution in [2.75, 3.05) is 0 Å². The number of fused-ring (bicyclic) bond motifs is 3. The molecule has 0 aromatic heterocycles. The highest BCUT2D eigenvalue weighted by molar-refractivity contribution is 6.35. The summed E-state index contributed by atoms with van der Waals surface area (Å²) in [5, 5.41) is 0. The van der Waals surface area contributed by atoms with E-state index in [0.717, 1.165) is 12.8 Å². The van der Waals surface area contributed by atoms with Gasteiger partial charge in [-0.25, -0.2) is 4.39 Å². The SMILES string of the molecule is O=C1[C@@H]2[C@@H](C(=O)N1C1CCCC1)C1(O[C@H]2c2ccc(F)cc2)C(=O)c2ccccc2C1=O. The standard InChI is InChI=1S/C25H20FNO5/c26-14-11-9-13(10-12-14)20-18-19(24(31)27(23(18)30)15-5-1-2-6-15)25(32-20)21(28)16-7-3-4-8-17(16)22(25)29/h3-4,7-12,15,18-20H,1-2,5-6H2/t18-,19+,20+/m1/s1. The zero-order chi connectivity index (χ0) is 22.2. The molecule has 0 unspecified atom stereocenters. The van der Waals surface area contributed by atoms with Crippen molar-refractivity contribution in [3.63, 3.8) is 0 Å². The quantitative estimate of drug-likeness (QED) is 0.537. The number of imide groups is 1. The van der Waals surface area contributed by atoms with Crippen LogP contribution in [-0.2, 0) is 14.3 Å². The second kappa shape index (κ2) is 6.65. The maximum absolute atomic E-state index is 13.7. The molecule has 2 aliphatic heterocycles. The topological polar surface area (TPSA) is 80.8 Å². The van der Waals surface area contributed by atoms with E-state index < -0.39 is 52.7 Å². The number of ketones is 2. The Kier molecular flexibility index (Phi) is 4.05. The van der Waals surface area contributed by atoms with E-state index >= 15 is 0 Å². The summed E-state index contributed by atoms with van der Waals surface area (Å²) >= 11 is 0. The Labute approximate surface area is 183 Å². The van der Waals surface area contributed by atoms with E-state index in [1.54, 1.807) is 24.3 Å². The van der Waals surface area contributed by atoms with Crippen LogP contribution < -0.4 is 0 Å². The molecule has 162 valence electrons. The second-order valence-corrected chi connectivity index (χ2v) is 9.02. The lowest BCUT2D eigenvalue weighted by Gasteiger charge is -2.29. The number of rotatable bonds is 2. The van der Waals surface area contributed by atoms with Crippen molar-refractivity contribution in [2.45, 2.75) is 43.4 Å². The van der Waals surface area contributed by atoms with Crippen LogP contribution in [0.5, 0.6) is 0 Å². The normalized spacial score (nSPS) is 28.8. The fourth-order valence-corrected chi connectivity index (χ4v) is 6.02. The number of carbonyl (C=O) groups is 4. The number of amides is 2. The molecule has 32 heavy (non-hydrogen) atoms. The molecule has 4 aliphatic rings. The maximum Gasteiger partial charge on any atom is 0.237 e. The van der Waals surface area contributed by atoms with Crippen molar-refractivity contribution in [1.82, 2.24) is 4.90 Å². The van der Waals surface area contributed by atoms with E-state index in [4.69, 9.17) is 4.74 Å². The first-order valence-electron chi connectivity index (χ1n) is 10.9. The lowest BCUT2D eigenvalue weighted by atomic mass is 9.77. The second-order valence-electron chi connectivity index (χ2n) is 9.02. The van der Waals surface area contributed by atoms with Gasteiger partial charge in [0.2, 0.25) is 29.0 Å². The molecule has 2 heterocycles. The highest BCUT2D eigenvalue weighted by Crippen LogP contribution is 2.57. The van der Waals surface area contributed by atoms with Crippen molar-refractivity contribution in [1.29, 1.82) is 0 Å². The molecule has 6 nitrogen and oxygen atoms in total. The van der Waals surface area contributed by atoms with Crippen molar-refractivity contribution >= 4 is 23.4 Å². The number of benzene rings is 2. The van der Waals surface area contributed by atoms with Crippen LogP contribution in [0.25, 0.3) is 0 Å². The van der Waals surface area contributed by atoms with Crippen LogP contribution >= 0.6 is 0 Å². The molecule has 6 rings (SSSR count). The third kappa shape index (κ3) is 2.32. The maximum atomic E-state index is 13.7. The number of hydrogen-bond acceptors (Lipinski definition) is 5. The van der Waals surface area contributed by atoms with Crippen LogP contribution in [0.3, 0.4) is 0 Å². The van der Waals surface area contributed by atoms with E-state index in [-0.39, 0.29) is 17.2 Å². The van der Waals surface area contributed by atoms with Gasteiger partial charge in [0.25, 0.3) is 0 Å². The Morgan fingerprint density at radius 2 is 1.44 bits per heavy atom. The lowest BCUT2D eigenvalue weighted by molar-refractivity contribution is -0.147. The van der Waals surface area contributed by atoms with Crippen LogP contribution in [0.1, 0.15) is 58.1 Å². The predicted molar refractivity (Wildman–Crippen MR) is 109 cm³/mol. The van der Waals surface area contributed by atoms with Crippen molar-refractivity contribution < 1.29 is 28.3 Å². The Morgan fingerprint density at radius 1 is 0.844 bits per heavy atom. The molecule has 2 saturated heterocycles. The molecule has 3 fully saturated rings. The first-order valence-corrected chi connectivity index (χ1v) is 10.9. The lowest BCUT2D eigenvalue weighted by Crippen LogP contribution is -2.51. The van der Waals surface area contributed by atoms with Gasteiger partial charge in [0.1, 0.15) is 5.82 Å². The Bertz CT molecular complexity index is 1150. The molecule has 0 radical (unpaired) electrons. The van der Waals surface area contributed by atoms with E-state index in [0.29, 0.717) is 18.4 Å². The smallest absolute Gasteiger partial charge is 0.237 e. The van der Waals surface area contributed by atoms with Gasteiger partial charge in [-0.05, 0) is 30.5 Å². The Hall–Kier alpha value is -3.19. The largest absolute Gasteiger partial charge is 0.349 e. The monoisotopic (exact) mass is 433 g/mol. The zero-order valence-electron chi connectivity index (χ0n) is 17.1. The van der Waals surface area contributed by atoms with Gasteiger partial charge in [-0.15, -0.1) is 0 Å². The van der Waals surface area contributed by atoms with E-state index in [2.05, 4.69) is 0 Å². The average Bonchev–Trinajstić information content (AvgIpc) is 3.54. The van der Waals surface area contributed by atoms with Gasteiger partial charge in [-0.3, -0.25) is 24.1 Å². The van der Waals surface area contributed by atoms with Gasteiger partial charge in [0, 0.05) is 17.2 Å². The molecule has 0 N–H and O–H groups in total. The Morgan fingerprint density at radius 3 is 2.03 bits per heavy atom. The van der Waals surface area contributed by atoms with Crippen molar-refractivity contribution in [3.8, 4) is 0 Å². The number of Topliss-reactive ketones (excluding diaryl/α,β-unsaturated/α-hetero) is 2. The summed E-state index contributed by atoms with van der Waals surface area (Å²) in [6, 6.07) is 11.6. The minimum absolute atomic E-state index is 0.204. The summed E-state index contributed by atoms with van der Waals surface area (Å²) in [5.41, 5.74) is -1.19. The average molecular weight is 433 g/mol. The number of likely N-dealkylation sites (tertiary alicyclic amines) is 1. The summed E-state index contributed by atoms with van der Waals surface area (Å²) in [6.07, 6.45) is 2.28. The molecule has 2 aromatic carbocycles. The highest BCUT2D eigenvalue weighted by atomic mass is 19.1. The summed E-state index contributed by atoms with van der Waals surface area (Å²) in [7, 11) is 0. The van der Waals surface area contributed by atoms with E-state index in [1.165, 1.54) is 29.2 Å². The molecule has 2 aliphatic carbocycles. The van der Waals surface area contributed by atoms with Gasteiger partial charge in [0.05, 0.1) is 17.9 Å². The molecule has 7 heteroatoms. The van der Waals surface area contributed by atoms with Crippen LogP contribution in [0, 0.1) is 17.7 Å². The number of nitrogens with zero attached hydrogens (tertiary/aromatic N) is 1. The summed E-state index contributed by atoms with van der Waals surface area (Å²) in [6.45, 7) is 0. The molecule has 1 spiro atoms. The zero-order valence-corrected chi connectivity index (χ0v) is 17.1. The first-order chi connectivity index (χ1) is 15.4. The van der Waals surface area contributed by atoms with Crippen LogP contribution in [0.2, 0.25) is 0 Å². The molecular formula is C25H20FNO5. The van der Waals surface area contributed by atoms with Crippen molar-refractivity contribution in [2.24, 2.45) is 11.8 Å². The minimum atomic E-state index is -2.06. The third-order valence-electron chi connectivity index (χ3n) is 7.44. The number of ether oxygens (including phenoxy) is 1.